The van der Waals surface area contributed by atoms with E-state index in [4.69, 9.17) is 0 Å². The number of benzene rings is 1. The van der Waals surface area contributed by atoms with Crippen LogP contribution >= 0.6 is 0 Å². The molecule has 0 amide bonds. The van der Waals surface area contributed by atoms with Gasteiger partial charge in [-0.15, -0.1) is 0 Å². The monoisotopic (exact) mass is 249 g/mol. The number of H-pyrrole nitrogens is 1. The lowest BCUT2D eigenvalue weighted by Crippen LogP contribution is -2.14. The van der Waals surface area contributed by atoms with E-state index in [1.54, 1.807) is 6.20 Å². The standard InChI is InChI=1S/C13H13F2N3/c14-9-4-1-3-8(12(9)15)11-7-17-13(18-11)10-5-2-6-16-10/h1,3-4,7,10,16H,2,5-6H2,(H,17,18). The molecule has 18 heavy (non-hydrogen) atoms. The molecule has 1 aliphatic heterocycles. The molecular weight excluding hydrogens is 236 g/mol. The van der Waals surface area contributed by atoms with Crippen LogP contribution in [0.1, 0.15) is 24.7 Å². The topological polar surface area (TPSA) is 40.7 Å². The SMILES string of the molecule is Fc1cccc(-c2cnc(C3CCCN3)[nH]2)c1F. The Morgan fingerprint density at radius 1 is 1.28 bits per heavy atom. The van der Waals surface area contributed by atoms with Crippen molar-refractivity contribution in [2.75, 3.05) is 6.54 Å². The van der Waals surface area contributed by atoms with Gasteiger partial charge >= 0.3 is 0 Å². The van der Waals surface area contributed by atoms with Gasteiger partial charge in [0.1, 0.15) is 5.82 Å². The van der Waals surface area contributed by atoms with Gasteiger partial charge in [-0.2, -0.15) is 0 Å². The van der Waals surface area contributed by atoms with Crippen molar-refractivity contribution >= 4 is 0 Å². The fourth-order valence-corrected chi connectivity index (χ4v) is 2.28. The smallest absolute Gasteiger partial charge is 0.168 e. The zero-order valence-corrected chi connectivity index (χ0v) is 9.71. The number of hydrogen-bond donors (Lipinski definition) is 2. The molecule has 2 aromatic rings. The lowest BCUT2D eigenvalue weighted by molar-refractivity contribution is 0.511. The highest BCUT2D eigenvalue weighted by atomic mass is 19.2. The first kappa shape index (κ1) is 11.3. The summed E-state index contributed by atoms with van der Waals surface area (Å²) in [5.74, 6) is -0.902. The van der Waals surface area contributed by atoms with Crippen molar-refractivity contribution in [3.63, 3.8) is 0 Å². The summed E-state index contributed by atoms with van der Waals surface area (Å²) >= 11 is 0. The molecule has 0 radical (unpaired) electrons. The highest BCUT2D eigenvalue weighted by Crippen LogP contribution is 2.26. The summed E-state index contributed by atoms with van der Waals surface area (Å²) in [4.78, 5) is 7.30. The number of nitrogens with one attached hydrogen (secondary N) is 2. The number of aromatic amines is 1. The Kier molecular flexibility index (Phi) is 2.83. The van der Waals surface area contributed by atoms with Crippen molar-refractivity contribution in [2.45, 2.75) is 18.9 Å². The molecular formula is C13H13F2N3. The van der Waals surface area contributed by atoms with Crippen molar-refractivity contribution in [1.29, 1.82) is 0 Å². The summed E-state index contributed by atoms with van der Waals surface area (Å²) in [5.41, 5.74) is 0.724. The van der Waals surface area contributed by atoms with Gasteiger partial charge in [0.2, 0.25) is 0 Å². The Morgan fingerprint density at radius 2 is 2.17 bits per heavy atom. The molecule has 1 saturated heterocycles. The molecule has 1 atom stereocenters. The summed E-state index contributed by atoms with van der Waals surface area (Å²) in [6.07, 6.45) is 3.67. The lowest BCUT2D eigenvalue weighted by Gasteiger charge is -2.05. The number of rotatable bonds is 2. The van der Waals surface area contributed by atoms with E-state index < -0.39 is 11.6 Å². The second-order valence-corrected chi connectivity index (χ2v) is 4.43. The van der Waals surface area contributed by atoms with Gasteiger partial charge in [0, 0.05) is 5.56 Å². The Hall–Kier alpha value is -1.75. The van der Waals surface area contributed by atoms with Crippen LogP contribution in [0.3, 0.4) is 0 Å². The summed E-state index contributed by atoms with van der Waals surface area (Å²) in [5, 5.41) is 3.30. The van der Waals surface area contributed by atoms with Crippen LogP contribution in [-0.2, 0) is 0 Å². The van der Waals surface area contributed by atoms with Crippen LogP contribution in [0, 0.1) is 11.6 Å². The molecule has 1 fully saturated rings. The van der Waals surface area contributed by atoms with E-state index in [2.05, 4.69) is 15.3 Å². The number of aromatic nitrogens is 2. The van der Waals surface area contributed by atoms with Crippen LogP contribution in [0.25, 0.3) is 11.3 Å². The summed E-state index contributed by atoms with van der Waals surface area (Å²) < 4.78 is 26.8. The molecule has 3 nitrogen and oxygen atoms in total. The Bertz CT molecular complexity index is 559. The molecule has 1 aromatic carbocycles. The van der Waals surface area contributed by atoms with Gasteiger partial charge in [0.15, 0.2) is 11.6 Å². The maximum Gasteiger partial charge on any atom is 0.168 e. The van der Waals surface area contributed by atoms with Gasteiger partial charge in [-0.1, -0.05) is 6.07 Å². The van der Waals surface area contributed by atoms with Crippen molar-refractivity contribution in [2.24, 2.45) is 0 Å². The predicted molar refractivity (Wildman–Crippen MR) is 63.9 cm³/mol. The Labute approximate surface area is 103 Å². The molecule has 0 bridgehead atoms. The Balaban J connectivity index is 1.95. The van der Waals surface area contributed by atoms with Crippen molar-refractivity contribution in [3.05, 3.63) is 41.9 Å². The van der Waals surface area contributed by atoms with Crippen LogP contribution in [0.15, 0.2) is 24.4 Å². The first-order chi connectivity index (χ1) is 8.75. The van der Waals surface area contributed by atoms with Crippen molar-refractivity contribution in [1.82, 2.24) is 15.3 Å². The van der Waals surface area contributed by atoms with E-state index >= 15 is 0 Å². The molecule has 94 valence electrons. The summed E-state index contributed by atoms with van der Waals surface area (Å²) in [6.45, 7) is 0.967. The zero-order valence-electron chi connectivity index (χ0n) is 9.71. The molecule has 2 N–H and O–H groups in total. The van der Waals surface area contributed by atoms with Crippen LogP contribution in [0.2, 0.25) is 0 Å². The number of imidazole rings is 1. The van der Waals surface area contributed by atoms with Crippen LogP contribution < -0.4 is 5.32 Å². The summed E-state index contributed by atoms with van der Waals surface area (Å²) in [7, 11) is 0. The quantitative estimate of drug-likeness (QED) is 0.859. The number of halogens is 2. The zero-order chi connectivity index (χ0) is 12.5. The van der Waals surface area contributed by atoms with E-state index in [-0.39, 0.29) is 11.6 Å². The third-order valence-corrected chi connectivity index (χ3v) is 3.23. The fraction of sp³-hybridized carbons (Fsp3) is 0.308. The second kappa shape index (κ2) is 4.49. The molecule has 0 saturated carbocycles. The first-order valence-corrected chi connectivity index (χ1v) is 5.98. The van der Waals surface area contributed by atoms with Gasteiger partial charge < -0.3 is 10.3 Å². The fourth-order valence-electron chi connectivity index (χ4n) is 2.28. The van der Waals surface area contributed by atoms with Crippen molar-refractivity contribution < 1.29 is 8.78 Å². The van der Waals surface area contributed by atoms with Gasteiger partial charge in [-0.25, -0.2) is 13.8 Å². The summed E-state index contributed by atoms with van der Waals surface area (Å²) in [6, 6.07) is 4.32. The van der Waals surface area contributed by atoms with Gasteiger partial charge in [0.05, 0.1) is 17.9 Å². The van der Waals surface area contributed by atoms with Gasteiger partial charge in [-0.05, 0) is 31.5 Å². The normalized spacial score (nSPS) is 19.3. The highest BCUT2D eigenvalue weighted by molar-refractivity contribution is 5.59. The van der Waals surface area contributed by atoms with Crippen LogP contribution in [-0.4, -0.2) is 16.5 Å². The second-order valence-electron chi connectivity index (χ2n) is 4.43. The number of hydrogen-bond acceptors (Lipinski definition) is 2. The molecule has 1 aromatic heterocycles. The van der Waals surface area contributed by atoms with Crippen molar-refractivity contribution in [3.8, 4) is 11.3 Å². The molecule has 3 rings (SSSR count). The minimum absolute atomic E-state index is 0.190. The van der Waals surface area contributed by atoms with E-state index in [0.717, 1.165) is 31.3 Å². The van der Waals surface area contributed by atoms with Gasteiger partial charge in [-0.3, -0.25) is 0 Å². The Morgan fingerprint density at radius 3 is 2.94 bits per heavy atom. The molecule has 1 aliphatic rings. The highest BCUT2D eigenvalue weighted by Gasteiger charge is 2.20. The van der Waals surface area contributed by atoms with E-state index in [1.807, 2.05) is 0 Å². The van der Waals surface area contributed by atoms with Crippen LogP contribution in [0.4, 0.5) is 8.78 Å². The third-order valence-electron chi connectivity index (χ3n) is 3.23. The van der Waals surface area contributed by atoms with E-state index in [9.17, 15) is 8.78 Å². The molecule has 0 aliphatic carbocycles. The minimum Gasteiger partial charge on any atom is -0.341 e. The third kappa shape index (κ3) is 1.90. The van der Waals surface area contributed by atoms with Crippen LogP contribution in [0.5, 0.6) is 0 Å². The average molecular weight is 249 g/mol. The minimum atomic E-state index is -0.845. The van der Waals surface area contributed by atoms with Gasteiger partial charge in [0.25, 0.3) is 0 Å². The molecule has 1 unspecified atom stereocenters. The van der Waals surface area contributed by atoms with E-state index in [0.29, 0.717) is 5.69 Å². The maximum absolute atomic E-state index is 13.6. The first-order valence-electron chi connectivity index (χ1n) is 5.98. The lowest BCUT2D eigenvalue weighted by atomic mass is 10.1. The van der Waals surface area contributed by atoms with E-state index in [1.165, 1.54) is 12.1 Å². The molecule has 0 spiro atoms. The molecule has 5 heteroatoms. The molecule has 2 heterocycles. The average Bonchev–Trinajstić information content (AvgIpc) is 3.01. The predicted octanol–water partition coefficient (Wildman–Crippen LogP) is 2.78. The number of nitrogens with zero attached hydrogens (tertiary/aromatic N) is 1. The maximum atomic E-state index is 13.6. The largest absolute Gasteiger partial charge is 0.341 e.